The maximum absolute atomic E-state index is 13.3. The largest absolute Gasteiger partial charge is 0.508 e. The molecule has 1 fully saturated rings. The molecule has 0 radical (unpaired) electrons. The lowest BCUT2D eigenvalue weighted by atomic mass is 9.95. The van der Waals surface area contributed by atoms with Gasteiger partial charge in [0.1, 0.15) is 11.8 Å². The van der Waals surface area contributed by atoms with E-state index < -0.39 is 12.1 Å². The van der Waals surface area contributed by atoms with Gasteiger partial charge in [0.25, 0.3) is 0 Å². The van der Waals surface area contributed by atoms with E-state index in [4.69, 9.17) is 5.73 Å². The first-order chi connectivity index (χ1) is 15.8. The van der Waals surface area contributed by atoms with E-state index >= 15 is 0 Å². The Balaban J connectivity index is 1.59. The molecule has 2 atom stereocenters. The fourth-order valence-electron chi connectivity index (χ4n) is 4.27. The van der Waals surface area contributed by atoms with Crippen molar-refractivity contribution in [3.05, 3.63) is 64.7 Å². The highest BCUT2D eigenvalue weighted by Crippen LogP contribution is 2.31. The molecule has 2 amide bonds. The average Bonchev–Trinajstić information content (AvgIpc) is 3.61. The van der Waals surface area contributed by atoms with Crippen LogP contribution in [0.2, 0.25) is 0 Å². The molecule has 3 rings (SSSR count). The molecule has 1 aliphatic rings. The Hall–Kier alpha value is -2.86. The predicted octanol–water partition coefficient (Wildman–Crippen LogP) is 3.25. The van der Waals surface area contributed by atoms with Crippen LogP contribution in [0, 0.1) is 19.8 Å². The number of carbonyl (C=O) groups excluding carboxylic acids is 2. The van der Waals surface area contributed by atoms with Crippen molar-refractivity contribution in [1.29, 1.82) is 0 Å². The van der Waals surface area contributed by atoms with Crippen molar-refractivity contribution in [2.45, 2.75) is 65.0 Å². The predicted molar refractivity (Wildman–Crippen MR) is 131 cm³/mol. The number of hydrogen-bond donors (Lipinski definition) is 3. The van der Waals surface area contributed by atoms with Gasteiger partial charge in [-0.15, -0.1) is 0 Å². The van der Waals surface area contributed by atoms with Crippen LogP contribution in [0.1, 0.15) is 48.4 Å². The van der Waals surface area contributed by atoms with Crippen molar-refractivity contribution in [2.75, 3.05) is 13.1 Å². The second kappa shape index (κ2) is 11.3. The molecule has 0 aliphatic heterocycles. The van der Waals surface area contributed by atoms with Crippen LogP contribution in [0.25, 0.3) is 0 Å². The van der Waals surface area contributed by atoms with Crippen molar-refractivity contribution in [3.63, 3.8) is 0 Å². The molecule has 6 nitrogen and oxygen atoms in total. The van der Waals surface area contributed by atoms with Crippen molar-refractivity contribution in [1.82, 2.24) is 10.2 Å². The van der Waals surface area contributed by atoms with Crippen LogP contribution in [0.5, 0.6) is 5.75 Å². The Morgan fingerprint density at radius 1 is 1.15 bits per heavy atom. The summed E-state index contributed by atoms with van der Waals surface area (Å²) >= 11 is 0. The molecule has 2 aromatic rings. The number of nitrogens with one attached hydrogen (secondary N) is 1. The summed E-state index contributed by atoms with van der Waals surface area (Å²) in [6, 6.07) is 12.3. The topological polar surface area (TPSA) is 95.7 Å². The normalized spacial score (nSPS) is 15.0. The zero-order chi connectivity index (χ0) is 24.0. The SMILES string of the molecule is Cc1cc(O)cc(C)c1C[C@@H](N)C(=O)N(CC1CC1)[C@H](C)C(=O)NCCCc1ccccc1. The lowest BCUT2D eigenvalue weighted by molar-refractivity contribution is -0.141. The van der Waals surface area contributed by atoms with Gasteiger partial charge in [-0.05, 0) is 93.2 Å². The molecule has 0 heterocycles. The Labute approximate surface area is 197 Å². The molecule has 0 spiro atoms. The molecule has 2 aromatic carbocycles. The second-order valence-electron chi connectivity index (χ2n) is 9.36. The van der Waals surface area contributed by atoms with E-state index in [0.717, 1.165) is 42.4 Å². The van der Waals surface area contributed by atoms with E-state index in [2.05, 4.69) is 17.4 Å². The van der Waals surface area contributed by atoms with Gasteiger partial charge in [-0.2, -0.15) is 0 Å². The average molecular weight is 452 g/mol. The van der Waals surface area contributed by atoms with E-state index in [1.54, 1.807) is 24.0 Å². The van der Waals surface area contributed by atoms with Crippen molar-refractivity contribution >= 4 is 11.8 Å². The summed E-state index contributed by atoms with van der Waals surface area (Å²) in [6.07, 6.45) is 4.29. The maximum Gasteiger partial charge on any atom is 0.242 e. The van der Waals surface area contributed by atoms with Crippen LogP contribution in [0.3, 0.4) is 0 Å². The standard InChI is InChI=1S/C27H37N3O3/c1-18-14-23(31)15-19(2)24(18)16-25(28)27(33)30(17-22-11-12-22)20(3)26(32)29-13-7-10-21-8-5-4-6-9-21/h4-6,8-9,14-15,20,22,25,31H,7,10-13,16-17,28H2,1-3H3,(H,29,32)/t20-,25-/m1/s1. The molecular formula is C27H37N3O3. The first-order valence-corrected chi connectivity index (χ1v) is 11.9. The number of phenolic OH excluding ortho intramolecular Hbond substituents is 1. The highest BCUT2D eigenvalue weighted by molar-refractivity contribution is 5.89. The van der Waals surface area contributed by atoms with E-state index in [9.17, 15) is 14.7 Å². The van der Waals surface area contributed by atoms with Gasteiger partial charge in [-0.1, -0.05) is 30.3 Å². The number of rotatable bonds is 11. The Bertz CT molecular complexity index is 933. The van der Waals surface area contributed by atoms with Crippen molar-refractivity contribution < 1.29 is 14.7 Å². The number of aromatic hydroxyl groups is 1. The molecule has 1 aliphatic carbocycles. The van der Waals surface area contributed by atoms with Crippen LogP contribution in [0.4, 0.5) is 0 Å². The van der Waals surface area contributed by atoms with Crippen molar-refractivity contribution in [2.24, 2.45) is 11.7 Å². The third kappa shape index (κ3) is 7.06. The van der Waals surface area contributed by atoms with Crippen LogP contribution in [-0.4, -0.2) is 47.0 Å². The molecule has 4 N–H and O–H groups in total. The first-order valence-electron chi connectivity index (χ1n) is 11.9. The molecule has 6 heteroatoms. The monoisotopic (exact) mass is 451 g/mol. The highest BCUT2D eigenvalue weighted by atomic mass is 16.3. The second-order valence-corrected chi connectivity index (χ2v) is 9.36. The summed E-state index contributed by atoms with van der Waals surface area (Å²) in [7, 11) is 0. The van der Waals surface area contributed by atoms with Crippen molar-refractivity contribution in [3.8, 4) is 5.75 Å². The minimum absolute atomic E-state index is 0.138. The molecule has 33 heavy (non-hydrogen) atoms. The quantitative estimate of drug-likeness (QED) is 0.457. The molecule has 0 bridgehead atoms. The zero-order valence-corrected chi connectivity index (χ0v) is 20.0. The molecular weight excluding hydrogens is 414 g/mol. The van der Waals surface area contributed by atoms with Gasteiger partial charge >= 0.3 is 0 Å². The van der Waals surface area contributed by atoms with Gasteiger partial charge in [-0.25, -0.2) is 0 Å². The van der Waals surface area contributed by atoms with Gasteiger partial charge in [0.05, 0.1) is 6.04 Å². The number of benzene rings is 2. The number of amides is 2. The summed E-state index contributed by atoms with van der Waals surface area (Å²) in [5.41, 5.74) is 10.4. The highest BCUT2D eigenvalue weighted by Gasteiger charge is 2.34. The molecule has 1 saturated carbocycles. The maximum atomic E-state index is 13.3. The van der Waals surface area contributed by atoms with Gasteiger partial charge in [0, 0.05) is 13.1 Å². The summed E-state index contributed by atoms with van der Waals surface area (Å²) in [5.74, 6) is 0.329. The van der Waals surface area contributed by atoms with Crippen LogP contribution >= 0.6 is 0 Å². The number of aryl methyl sites for hydroxylation is 3. The number of nitrogens with two attached hydrogens (primary N) is 1. The molecule has 178 valence electrons. The van der Waals surface area contributed by atoms with E-state index in [-0.39, 0.29) is 17.6 Å². The number of hydrogen-bond acceptors (Lipinski definition) is 4. The van der Waals surface area contributed by atoms with Crippen LogP contribution in [0.15, 0.2) is 42.5 Å². The third-order valence-electron chi connectivity index (χ3n) is 6.49. The Morgan fingerprint density at radius 2 is 1.79 bits per heavy atom. The lowest BCUT2D eigenvalue weighted by Gasteiger charge is -2.31. The minimum Gasteiger partial charge on any atom is -0.508 e. The van der Waals surface area contributed by atoms with Gasteiger partial charge in [0.15, 0.2) is 0 Å². The fraction of sp³-hybridized carbons (Fsp3) is 0.481. The van der Waals surface area contributed by atoms with Gasteiger partial charge in [0.2, 0.25) is 11.8 Å². The molecule has 0 unspecified atom stereocenters. The van der Waals surface area contributed by atoms with Crippen LogP contribution in [-0.2, 0) is 22.4 Å². The van der Waals surface area contributed by atoms with E-state index in [0.29, 0.717) is 25.4 Å². The fourth-order valence-corrected chi connectivity index (χ4v) is 4.27. The molecule has 0 aromatic heterocycles. The summed E-state index contributed by atoms with van der Waals surface area (Å²) in [4.78, 5) is 27.9. The summed E-state index contributed by atoms with van der Waals surface area (Å²) in [6.45, 7) is 6.75. The van der Waals surface area contributed by atoms with E-state index in [1.165, 1.54) is 5.56 Å². The minimum atomic E-state index is -0.737. The first kappa shape index (κ1) is 24.8. The zero-order valence-electron chi connectivity index (χ0n) is 20.0. The van der Waals surface area contributed by atoms with Gasteiger partial charge in [-0.3, -0.25) is 9.59 Å². The Kier molecular flexibility index (Phi) is 8.50. The summed E-state index contributed by atoms with van der Waals surface area (Å²) in [5, 5.41) is 12.8. The number of phenols is 1. The number of carbonyl (C=O) groups is 2. The number of nitrogens with zero attached hydrogens (tertiary/aromatic N) is 1. The van der Waals surface area contributed by atoms with Gasteiger partial charge < -0.3 is 21.1 Å². The molecule has 0 saturated heterocycles. The third-order valence-corrected chi connectivity index (χ3v) is 6.49. The lowest BCUT2D eigenvalue weighted by Crippen LogP contribution is -2.54. The summed E-state index contributed by atoms with van der Waals surface area (Å²) < 4.78 is 0. The van der Waals surface area contributed by atoms with E-state index in [1.807, 2.05) is 32.0 Å². The Morgan fingerprint density at radius 3 is 2.39 bits per heavy atom. The van der Waals surface area contributed by atoms with Crippen LogP contribution < -0.4 is 11.1 Å². The smallest absolute Gasteiger partial charge is 0.242 e.